The number of halogens is 1. The maximum atomic E-state index is 15.0. The van der Waals surface area contributed by atoms with Crippen molar-refractivity contribution in [3.05, 3.63) is 54.2 Å². The summed E-state index contributed by atoms with van der Waals surface area (Å²) in [5.74, 6) is 1.09. The van der Waals surface area contributed by atoms with Crippen LogP contribution in [0.25, 0.3) is 44.6 Å². The summed E-state index contributed by atoms with van der Waals surface area (Å²) in [5.41, 5.74) is 5.29. The second kappa shape index (κ2) is 7.63. The van der Waals surface area contributed by atoms with Crippen LogP contribution in [0, 0.1) is 12.7 Å². The molecule has 166 valence electrons. The number of nitrogens with one attached hydrogen (secondary N) is 2. The fraction of sp³-hybridized carbons (Fsp3) is 0.250. The van der Waals surface area contributed by atoms with Crippen LogP contribution in [0.1, 0.15) is 5.56 Å². The number of aromatic nitrogens is 6. The first-order chi connectivity index (χ1) is 16.1. The second-order valence-electron chi connectivity index (χ2n) is 8.55. The van der Waals surface area contributed by atoms with Gasteiger partial charge in [0.05, 0.1) is 5.52 Å². The molecule has 1 fully saturated rings. The van der Waals surface area contributed by atoms with E-state index in [1.807, 2.05) is 25.1 Å². The molecule has 1 aromatic carbocycles. The number of aryl methyl sites for hydroxylation is 1. The van der Waals surface area contributed by atoms with Crippen LogP contribution >= 0.6 is 0 Å². The smallest absolute Gasteiger partial charge is 0.157 e. The number of pyridine rings is 2. The zero-order valence-corrected chi connectivity index (χ0v) is 18.4. The number of nitrogens with zero attached hydrogens (tertiary/aromatic N) is 6. The zero-order chi connectivity index (χ0) is 22.5. The van der Waals surface area contributed by atoms with Crippen molar-refractivity contribution in [1.82, 2.24) is 35.0 Å². The molecular formula is C24H23FN8. The van der Waals surface area contributed by atoms with E-state index in [1.54, 1.807) is 18.6 Å². The third kappa shape index (κ3) is 3.32. The first kappa shape index (κ1) is 19.8. The molecule has 0 radical (unpaired) electrons. The van der Waals surface area contributed by atoms with Gasteiger partial charge in [0.2, 0.25) is 0 Å². The topological polar surface area (TPSA) is 89.6 Å². The van der Waals surface area contributed by atoms with Crippen molar-refractivity contribution in [3.8, 4) is 22.6 Å². The van der Waals surface area contributed by atoms with Crippen LogP contribution in [-0.2, 0) is 0 Å². The summed E-state index contributed by atoms with van der Waals surface area (Å²) in [6, 6.07) is 7.27. The molecule has 1 aliphatic heterocycles. The molecule has 1 aliphatic rings. The summed E-state index contributed by atoms with van der Waals surface area (Å²) in [7, 11) is 2.13. The number of benzene rings is 1. The van der Waals surface area contributed by atoms with E-state index < -0.39 is 0 Å². The number of hydrogen-bond acceptors (Lipinski definition) is 6. The molecular weight excluding hydrogens is 419 g/mol. The normalized spacial score (nSPS) is 15.1. The molecule has 5 heterocycles. The van der Waals surface area contributed by atoms with Crippen LogP contribution in [0.2, 0.25) is 0 Å². The van der Waals surface area contributed by atoms with E-state index in [-0.39, 0.29) is 11.3 Å². The zero-order valence-electron chi connectivity index (χ0n) is 18.4. The van der Waals surface area contributed by atoms with E-state index in [0.717, 1.165) is 59.7 Å². The minimum atomic E-state index is -0.385. The first-order valence-corrected chi connectivity index (χ1v) is 11.0. The summed E-state index contributed by atoms with van der Waals surface area (Å²) in [4.78, 5) is 21.6. The minimum absolute atomic E-state index is 0.285. The van der Waals surface area contributed by atoms with Crippen LogP contribution in [0.3, 0.4) is 0 Å². The number of piperazine rings is 1. The van der Waals surface area contributed by atoms with Gasteiger partial charge in [-0.1, -0.05) is 0 Å². The third-order valence-electron chi connectivity index (χ3n) is 6.38. The summed E-state index contributed by atoms with van der Waals surface area (Å²) < 4.78 is 15.0. The number of hydrogen-bond donors (Lipinski definition) is 2. The fourth-order valence-corrected chi connectivity index (χ4v) is 4.47. The van der Waals surface area contributed by atoms with E-state index >= 15 is 0 Å². The Labute approximate surface area is 189 Å². The highest BCUT2D eigenvalue weighted by Crippen LogP contribution is 2.34. The predicted molar refractivity (Wildman–Crippen MR) is 127 cm³/mol. The van der Waals surface area contributed by atoms with E-state index in [4.69, 9.17) is 4.98 Å². The van der Waals surface area contributed by atoms with E-state index in [2.05, 4.69) is 42.0 Å². The molecule has 2 N–H and O–H groups in total. The average molecular weight is 443 g/mol. The van der Waals surface area contributed by atoms with Crippen molar-refractivity contribution >= 4 is 27.8 Å². The molecule has 0 saturated carbocycles. The fourth-order valence-electron chi connectivity index (χ4n) is 4.47. The lowest BCUT2D eigenvalue weighted by Crippen LogP contribution is -2.44. The molecule has 0 bridgehead atoms. The Kier molecular flexibility index (Phi) is 4.58. The van der Waals surface area contributed by atoms with E-state index in [1.165, 1.54) is 6.07 Å². The lowest BCUT2D eigenvalue weighted by Gasteiger charge is -2.33. The number of imidazole rings is 1. The van der Waals surface area contributed by atoms with Crippen LogP contribution in [-0.4, -0.2) is 68.3 Å². The van der Waals surface area contributed by atoms with Gasteiger partial charge >= 0.3 is 0 Å². The molecule has 0 atom stereocenters. The van der Waals surface area contributed by atoms with Gasteiger partial charge < -0.3 is 14.8 Å². The van der Waals surface area contributed by atoms with E-state index in [0.29, 0.717) is 16.9 Å². The van der Waals surface area contributed by atoms with Gasteiger partial charge in [0, 0.05) is 55.7 Å². The van der Waals surface area contributed by atoms with Crippen molar-refractivity contribution in [2.75, 3.05) is 38.1 Å². The Morgan fingerprint density at radius 3 is 2.70 bits per heavy atom. The number of fused-ring (bicyclic) bond motifs is 2. The van der Waals surface area contributed by atoms with Crippen molar-refractivity contribution in [2.45, 2.75) is 6.92 Å². The minimum Gasteiger partial charge on any atom is -0.352 e. The molecule has 9 heteroatoms. The second-order valence-corrected chi connectivity index (χ2v) is 8.55. The molecule has 0 amide bonds. The monoisotopic (exact) mass is 442 g/mol. The van der Waals surface area contributed by atoms with Gasteiger partial charge in [-0.3, -0.25) is 10.1 Å². The first-order valence-electron chi connectivity index (χ1n) is 11.0. The quantitative estimate of drug-likeness (QED) is 0.442. The van der Waals surface area contributed by atoms with E-state index in [9.17, 15) is 4.39 Å². The number of rotatable bonds is 3. The van der Waals surface area contributed by atoms with Gasteiger partial charge in [0.15, 0.2) is 17.5 Å². The summed E-state index contributed by atoms with van der Waals surface area (Å²) in [6.45, 7) is 5.75. The van der Waals surface area contributed by atoms with Crippen molar-refractivity contribution in [2.24, 2.45) is 0 Å². The van der Waals surface area contributed by atoms with Gasteiger partial charge in [0.25, 0.3) is 0 Å². The molecule has 5 aromatic rings. The summed E-state index contributed by atoms with van der Waals surface area (Å²) >= 11 is 0. The van der Waals surface area contributed by atoms with Crippen LogP contribution in [0.4, 0.5) is 10.2 Å². The highest BCUT2D eigenvalue weighted by molar-refractivity contribution is 5.97. The maximum absolute atomic E-state index is 15.0. The van der Waals surface area contributed by atoms with Gasteiger partial charge in [0.1, 0.15) is 16.7 Å². The van der Waals surface area contributed by atoms with Gasteiger partial charge in [-0.15, -0.1) is 0 Å². The lowest BCUT2D eigenvalue weighted by molar-refractivity contribution is 0.312. The van der Waals surface area contributed by atoms with Crippen LogP contribution in [0.5, 0.6) is 0 Å². The lowest BCUT2D eigenvalue weighted by atomic mass is 10.0. The predicted octanol–water partition coefficient (Wildman–Crippen LogP) is 3.76. The molecule has 0 unspecified atom stereocenters. The number of aromatic amines is 2. The average Bonchev–Trinajstić information content (AvgIpc) is 3.44. The maximum Gasteiger partial charge on any atom is 0.157 e. The van der Waals surface area contributed by atoms with Crippen LogP contribution < -0.4 is 4.90 Å². The Morgan fingerprint density at radius 2 is 1.88 bits per heavy atom. The standard InChI is InChI=1S/C24H23FN8/c1-14-3-5-26-13-17(14)15-11-16-20(18(25)12-15)30-31-21(16)23-28-19-4-6-27-24(22(19)29-23)33-9-7-32(2)8-10-33/h3-6,11-13H,7-10H2,1-2H3,(H,28,29)(H,30,31). The molecule has 4 aromatic heterocycles. The summed E-state index contributed by atoms with van der Waals surface area (Å²) in [5, 5.41) is 7.89. The number of anilines is 1. The van der Waals surface area contributed by atoms with Crippen molar-refractivity contribution < 1.29 is 4.39 Å². The molecule has 1 saturated heterocycles. The highest BCUT2D eigenvalue weighted by atomic mass is 19.1. The summed E-state index contributed by atoms with van der Waals surface area (Å²) in [6.07, 6.45) is 5.29. The van der Waals surface area contributed by atoms with Gasteiger partial charge in [-0.05, 0) is 49.4 Å². The van der Waals surface area contributed by atoms with Crippen molar-refractivity contribution in [3.63, 3.8) is 0 Å². The van der Waals surface area contributed by atoms with Gasteiger partial charge in [-0.25, -0.2) is 14.4 Å². The Bertz CT molecular complexity index is 1480. The van der Waals surface area contributed by atoms with Crippen molar-refractivity contribution in [1.29, 1.82) is 0 Å². The van der Waals surface area contributed by atoms with Gasteiger partial charge in [-0.2, -0.15) is 5.10 Å². The number of likely N-dealkylation sites (N-methyl/N-ethyl adjacent to an activating group) is 1. The molecule has 0 aliphatic carbocycles. The highest BCUT2D eigenvalue weighted by Gasteiger charge is 2.21. The largest absolute Gasteiger partial charge is 0.352 e. The molecule has 0 spiro atoms. The Balaban J connectivity index is 1.48. The Hall–Kier alpha value is -3.85. The molecule has 33 heavy (non-hydrogen) atoms. The Morgan fingerprint density at radius 1 is 1.03 bits per heavy atom. The molecule has 6 rings (SSSR count). The molecule has 8 nitrogen and oxygen atoms in total. The van der Waals surface area contributed by atoms with Crippen LogP contribution in [0.15, 0.2) is 42.9 Å². The third-order valence-corrected chi connectivity index (χ3v) is 6.38. The number of H-pyrrole nitrogens is 2. The SMILES string of the molecule is Cc1ccncc1-c1cc(F)c2n[nH]c(-c3nc4c(N5CCN(C)CC5)nccc4[nH]3)c2c1.